The van der Waals surface area contributed by atoms with Gasteiger partial charge in [0, 0.05) is 0 Å². The Balaban J connectivity index is 2.36. The van der Waals surface area contributed by atoms with Gasteiger partial charge in [0.1, 0.15) is 0 Å². The fourth-order valence-electron chi connectivity index (χ4n) is 1.90. The van der Waals surface area contributed by atoms with Crippen molar-refractivity contribution in [3.63, 3.8) is 0 Å². The van der Waals surface area contributed by atoms with Crippen LogP contribution in [0.5, 0.6) is 0 Å². The molecule has 0 spiro atoms. The molecule has 0 amide bonds. The Labute approximate surface area is 113 Å². The minimum atomic E-state index is -1.28. The van der Waals surface area contributed by atoms with Crippen LogP contribution in [0.1, 0.15) is 11.1 Å². The van der Waals surface area contributed by atoms with Gasteiger partial charge in [-0.2, -0.15) is 0 Å². The van der Waals surface area contributed by atoms with E-state index in [4.69, 9.17) is 12.2 Å². The van der Waals surface area contributed by atoms with Gasteiger partial charge in [-0.15, -0.1) is 12.2 Å². The molecule has 0 N–H and O–H groups in total. The fraction of sp³-hybridized carbons (Fsp3) is 0.133. The van der Waals surface area contributed by atoms with Crippen LogP contribution in [-0.4, -0.2) is 18.4 Å². The first kappa shape index (κ1) is 12.5. The zero-order valence-electron chi connectivity index (χ0n) is 10.2. The van der Waals surface area contributed by atoms with Crippen molar-refractivity contribution in [2.75, 3.05) is 0 Å². The number of rotatable bonds is 3. The molecule has 17 heavy (non-hydrogen) atoms. The molecule has 0 saturated carbocycles. The second-order valence-electron chi connectivity index (χ2n) is 4.44. The van der Waals surface area contributed by atoms with Crippen molar-refractivity contribution < 1.29 is 0 Å². The van der Waals surface area contributed by atoms with Crippen LogP contribution in [0, 0.1) is 13.8 Å². The maximum atomic E-state index is 5.24. The third kappa shape index (κ3) is 3.04. The molecule has 0 nitrogen and oxygen atoms in total. The molecule has 0 aliphatic carbocycles. The molecule has 0 unspecified atom stereocenters. The Bertz CT molecular complexity index is 454. The Hall–Kier alpha value is -0.938. The highest BCUT2D eigenvalue weighted by Gasteiger charge is 2.19. The molecule has 0 radical (unpaired) electrons. The van der Waals surface area contributed by atoms with E-state index in [0.717, 1.165) is 0 Å². The summed E-state index contributed by atoms with van der Waals surface area (Å²) in [6, 6.07) is 17.5. The normalized spacial score (nSPS) is 10.0. The second-order valence-corrected chi connectivity index (χ2v) is 7.81. The summed E-state index contributed by atoms with van der Waals surface area (Å²) in [5.74, 6) is 0. The lowest BCUT2D eigenvalue weighted by molar-refractivity contribution is 1.48. The molecule has 0 saturated heterocycles. The van der Waals surface area contributed by atoms with Crippen molar-refractivity contribution in [1.82, 2.24) is 0 Å². The summed E-state index contributed by atoms with van der Waals surface area (Å²) in [4.78, 5) is 0. The minimum absolute atomic E-state index is 1.28. The largest absolute Gasteiger partial charge is 0.388 e. The monoisotopic (exact) mass is 254 g/mol. The third-order valence-corrected chi connectivity index (χ3v) is 6.30. The minimum Gasteiger partial charge on any atom is -0.112 e. The molecular formula is C15H15AlS. The molecule has 0 aromatic heterocycles. The maximum Gasteiger partial charge on any atom is 0.388 e. The standard InChI is InChI=1S/2C7H7.CHS.Al/c2*1-7-5-3-2-4-6-7;1-2;/h2*3-6H,1H3;1H;. The van der Waals surface area contributed by atoms with Crippen molar-refractivity contribution in [1.29, 1.82) is 0 Å². The molecular weight excluding hydrogens is 239 g/mol. The van der Waals surface area contributed by atoms with Crippen LogP contribution in [0.2, 0.25) is 0 Å². The average molecular weight is 254 g/mol. The van der Waals surface area contributed by atoms with Crippen molar-refractivity contribution in [2.45, 2.75) is 13.8 Å². The van der Waals surface area contributed by atoms with Crippen molar-refractivity contribution in [3.8, 4) is 0 Å². The molecule has 0 aliphatic heterocycles. The van der Waals surface area contributed by atoms with Gasteiger partial charge in [0.05, 0.1) is 0 Å². The van der Waals surface area contributed by atoms with Crippen LogP contribution in [0.4, 0.5) is 0 Å². The molecule has 0 aliphatic rings. The predicted octanol–water partition coefficient (Wildman–Crippen LogP) is 2.45. The Morgan fingerprint density at radius 1 is 0.765 bits per heavy atom. The van der Waals surface area contributed by atoms with E-state index in [0.29, 0.717) is 0 Å². The average Bonchev–Trinajstić information content (AvgIpc) is 2.35. The van der Waals surface area contributed by atoms with Crippen LogP contribution in [0.15, 0.2) is 48.5 Å². The topological polar surface area (TPSA) is 0 Å². The smallest absolute Gasteiger partial charge is 0.112 e. The van der Waals surface area contributed by atoms with E-state index in [1.807, 2.05) is 4.23 Å². The van der Waals surface area contributed by atoms with Crippen molar-refractivity contribution >= 4 is 39.4 Å². The van der Waals surface area contributed by atoms with Crippen molar-refractivity contribution in [3.05, 3.63) is 59.7 Å². The number of hydrogen-bond acceptors (Lipinski definition) is 1. The summed E-state index contributed by atoms with van der Waals surface area (Å²) in [5.41, 5.74) is 2.60. The molecule has 0 heterocycles. The highest BCUT2D eigenvalue weighted by atomic mass is 32.1. The van der Waals surface area contributed by atoms with E-state index in [2.05, 4.69) is 62.4 Å². The number of aryl methyl sites for hydroxylation is 2. The van der Waals surface area contributed by atoms with E-state index in [1.165, 1.54) is 20.0 Å². The molecule has 2 aromatic carbocycles. The first-order valence-corrected chi connectivity index (χ1v) is 8.08. The van der Waals surface area contributed by atoms with Crippen LogP contribution < -0.4 is 8.85 Å². The van der Waals surface area contributed by atoms with E-state index in [1.54, 1.807) is 0 Å². The number of hydrogen-bond donors (Lipinski definition) is 0. The zero-order valence-corrected chi connectivity index (χ0v) is 12.2. The summed E-state index contributed by atoms with van der Waals surface area (Å²) in [6.07, 6.45) is 0. The molecule has 0 atom stereocenters. The fourth-order valence-corrected chi connectivity index (χ4v) is 4.75. The van der Waals surface area contributed by atoms with Gasteiger partial charge in [0.25, 0.3) is 0 Å². The lowest BCUT2D eigenvalue weighted by atomic mass is 10.2. The maximum absolute atomic E-state index is 5.24. The summed E-state index contributed by atoms with van der Waals surface area (Å²) in [7, 11) is 0. The van der Waals surface area contributed by atoms with Crippen LogP contribution in [0.25, 0.3) is 0 Å². The zero-order chi connectivity index (χ0) is 12.3. The van der Waals surface area contributed by atoms with Gasteiger partial charge in [-0.1, -0.05) is 72.7 Å². The van der Waals surface area contributed by atoms with Gasteiger partial charge in [0.2, 0.25) is 0 Å². The Morgan fingerprint density at radius 3 is 1.41 bits per heavy atom. The van der Waals surface area contributed by atoms with E-state index >= 15 is 0 Å². The summed E-state index contributed by atoms with van der Waals surface area (Å²) in [6.45, 7) is 4.23. The van der Waals surface area contributed by atoms with E-state index in [-0.39, 0.29) is 0 Å². The van der Waals surface area contributed by atoms with E-state index < -0.39 is 14.1 Å². The second kappa shape index (κ2) is 5.60. The molecule has 2 heteroatoms. The molecule has 2 rings (SSSR count). The molecule has 84 valence electrons. The highest BCUT2D eigenvalue weighted by Crippen LogP contribution is 1.98. The van der Waals surface area contributed by atoms with Crippen LogP contribution >= 0.6 is 12.2 Å². The first-order chi connectivity index (χ1) is 8.20. The summed E-state index contributed by atoms with van der Waals surface area (Å²) < 4.78 is 4.78. The van der Waals surface area contributed by atoms with Crippen LogP contribution in [-0.2, 0) is 0 Å². The SMILES string of the molecule is Cc1cc[c]([Al]([CH]=S)[c]2ccc(C)cc2)cc1. The number of benzene rings is 2. The quantitative estimate of drug-likeness (QED) is 0.599. The molecule has 2 aromatic rings. The summed E-state index contributed by atoms with van der Waals surface area (Å²) in [5, 5.41) is 0. The molecule has 0 bridgehead atoms. The van der Waals surface area contributed by atoms with Gasteiger partial charge < -0.3 is 0 Å². The first-order valence-electron chi connectivity index (χ1n) is 5.79. The third-order valence-electron chi connectivity index (χ3n) is 3.01. The Kier molecular flexibility index (Phi) is 4.12. The van der Waals surface area contributed by atoms with Crippen molar-refractivity contribution in [2.24, 2.45) is 0 Å². The lowest BCUT2D eigenvalue weighted by Gasteiger charge is -2.08. The summed E-state index contributed by atoms with van der Waals surface area (Å²) >= 11 is 3.96. The van der Waals surface area contributed by atoms with Gasteiger partial charge in [-0.25, -0.2) is 0 Å². The lowest BCUT2D eigenvalue weighted by Crippen LogP contribution is -2.43. The molecule has 0 fully saturated rings. The van der Waals surface area contributed by atoms with Crippen LogP contribution in [0.3, 0.4) is 0 Å². The predicted molar refractivity (Wildman–Crippen MR) is 81.0 cm³/mol. The number of thiocarbonyl (C=S) groups is 1. The Morgan fingerprint density at radius 2 is 1.12 bits per heavy atom. The van der Waals surface area contributed by atoms with Gasteiger partial charge in [-0.3, -0.25) is 0 Å². The van der Waals surface area contributed by atoms with E-state index in [9.17, 15) is 0 Å². The van der Waals surface area contributed by atoms with Gasteiger partial charge >= 0.3 is 14.1 Å². The highest BCUT2D eigenvalue weighted by molar-refractivity contribution is 7.82. The van der Waals surface area contributed by atoms with Gasteiger partial charge in [-0.05, 0) is 13.8 Å². The van der Waals surface area contributed by atoms with Gasteiger partial charge in [0.15, 0.2) is 0 Å².